The molecule has 3 rings (SSSR count). The number of imidazole rings is 1. The van der Waals surface area contributed by atoms with Gasteiger partial charge in [0.15, 0.2) is 11.3 Å². The molecule has 0 saturated carbocycles. The molecule has 0 aliphatic carbocycles. The first kappa shape index (κ1) is 16.5. The largest absolute Gasteiger partial charge is 0.464 e. The molecule has 0 amide bonds. The minimum absolute atomic E-state index is 0. The second kappa shape index (κ2) is 6.93. The molecule has 21 heavy (non-hydrogen) atoms. The third-order valence-electron chi connectivity index (χ3n) is 3.36. The van der Waals surface area contributed by atoms with Crippen molar-refractivity contribution in [1.82, 2.24) is 14.5 Å². The second-order valence-electron chi connectivity index (χ2n) is 4.58. The molecule has 1 aliphatic heterocycles. The van der Waals surface area contributed by atoms with Crippen LogP contribution in [-0.4, -0.2) is 64.2 Å². The van der Waals surface area contributed by atoms with E-state index in [9.17, 15) is 4.79 Å². The molecule has 1 aliphatic rings. The number of aromatic nitrogens is 3. The first-order chi connectivity index (χ1) is 9.72. The molecule has 0 aromatic carbocycles. The number of fused-ring (bicyclic) bond motifs is 1. The van der Waals surface area contributed by atoms with Crippen LogP contribution in [0.25, 0.3) is 11.2 Å². The van der Waals surface area contributed by atoms with E-state index in [-0.39, 0.29) is 41.6 Å². The Hall–Kier alpha value is -0.861. The van der Waals surface area contributed by atoms with E-state index >= 15 is 0 Å². The summed E-state index contributed by atoms with van der Waals surface area (Å²) >= 11 is 5.93. The summed E-state index contributed by atoms with van der Waals surface area (Å²) in [4.78, 5) is 20.3. The quantitative estimate of drug-likeness (QED) is 0.430. The van der Waals surface area contributed by atoms with Crippen molar-refractivity contribution < 1.29 is 14.3 Å². The van der Waals surface area contributed by atoms with E-state index in [4.69, 9.17) is 16.3 Å². The van der Waals surface area contributed by atoms with E-state index in [2.05, 4.69) is 14.7 Å². The molecule has 0 spiro atoms. The fourth-order valence-electron chi connectivity index (χ4n) is 2.19. The van der Waals surface area contributed by atoms with E-state index < -0.39 is 5.97 Å². The van der Waals surface area contributed by atoms with E-state index in [1.54, 1.807) is 12.1 Å². The molecule has 3 heterocycles. The van der Waals surface area contributed by atoms with E-state index in [0.29, 0.717) is 17.7 Å². The van der Waals surface area contributed by atoms with Crippen LogP contribution in [0.5, 0.6) is 0 Å². The molecule has 2 aromatic heterocycles. The Kier molecular flexibility index (Phi) is 5.45. The Balaban J connectivity index is 0.00000161. The minimum atomic E-state index is -0.466. The second-order valence-corrected chi connectivity index (χ2v) is 4.85. The molecule has 0 N–H and O–H groups in total. The van der Waals surface area contributed by atoms with Gasteiger partial charge in [0.05, 0.1) is 25.6 Å². The molecule has 1 atom stereocenters. The normalized spacial score (nSPS) is 17.1. The van der Waals surface area contributed by atoms with E-state index in [0.717, 1.165) is 18.9 Å². The number of hydrogen-bond acceptors (Lipinski definition) is 5. The summed E-state index contributed by atoms with van der Waals surface area (Å²) in [6.07, 6.45) is 1.18. The Bertz CT molecular complexity index is 657. The van der Waals surface area contributed by atoms with Crippen molar-refractivity contribution in [2.75, 3.05) is 13.7 Å². The van der Waals surface area contributed by atoms with Crippen LogP contribution in [-0.2, 0) is 21.9 Å². The number of methoxy groups -OCH3 is 1. The number of ether oxygens (including phenoxy) is 2. The van der Waals surface area contributed by atoms with E-state index in [1.165, 1.54) is 7.11 Å². The van der Waals surface area contributed by atoms with Crippen molar-refractivity contribution in [1.29, 1.82) is 0 Å². The molecule has 1 saturated heterocycles. The van der Waals surface area contributed by atoms with Crippen LogP contribution in [0.3, 0.4) is 0 Å². The minimum Gasteiger partial charge on any atom is -0.464 e. The Morgan fingerprint density at radius 2 is 2.29 bits per heavy atom. The topological polar surface area (TPSA) is 66.2 Å². The molecule has 1 fully saturated rings. The third-order valence-corrected chi connectivity index (χ3v) is 3.60. The summed E-state index contributed by atoms with van der Waals surface area (Å²) in [6.45, 7) is 1.44. The van der Waals surface area contributed by atoms with Crippen LogP contribution in [0.2, 0.25) is 0 Å². The maximum atomic E-state index is 11.6. The zero-order valence-corrected chi connectivity index (χ0v) is 15.1. The molecule has 4 radical (unpaired) electrons. The maximum absolute atomic E-state index is 11.6. The smallest absolute Gasteiger partial charge is 0.356 e. The van der Waals surface area contributed by atoms with Gasteiger partial charge in [-0.2, -0.15) is 0 Å². The Labute approximate surface area is 143 Å². The molecular weight excluding hydrogens is 400 g/mol. The summed E-state index contributed by atoms with van der Waals surface area (Å²) in [6, 6.07) is 3.35. The number of rotatable bonds is 4. The van der Waals surface area contributed by atoms with Crippen molar-refractivity contribution in [3.8, 4) is 0 Å². The molecular formula is C13H14ClN3O3Sn. The number of carbonyl (C=O) groups is 1. The average Bonchev–Trinajstić information content (AvgIpc) is 2.78. The Morgan fingerprint density at radius 3 is 2.86 bits per heavy atom. The third kappa shape index (κ3) is 3.17. The zero-order valence-electron chi connectivity index (χ0n) is 11.5. The summed E-state index contributed by atoms with van der Waals surface area (Å²) in [5, 5.41) is 0. The standard InChI is InChI=1S/C13H14ClN3O3.Sn/c1-19-13(18)10-3-2-9-12(16-10)17(11(6-14)15-9)7-8-4-5-20-8;/h2-3,8H,4-7H2,1H3;/t8-;/m0./s1. The van der Waals surface area contributed by atoms with Crippen molar-refractivity contribution in [3.63, 3.8) is 0 Å². The predicted octanol–water partition coefficient (Wildman–Crippen LogP) is 1.36. The molecule has 0 bridgehead atoms. The van der Waals surface area contributed by atoms with Crippen LogP contribution in [0.1, 0.15) is 22.7 Å². The van der Waals surface area contributed by atoms with Gasteiger partial charge in [-0.3, -0.25) is 0 Å². The fraction of sp³-hybridized carbons (Fsp3) is 0.462. The van der Waals surface area contributed by atoms with E-state index in [1.807, 2.05) is 4.57 Å². The van der Waals surface area contributed by atoms with Gasteiger partial charge in [-0.05, 0) is 18.6 Å². The van der Waals surface area contributed by atoms with Crippen LogP contribution < -0.4 is 0 Å². The fourth-order valence-corrected chi connectivity index (χ4v) is 2.40. The summed E-state index contributed by atoms with van der Waals surface area (Å²) < 4.78 is 12.0. The predicted molar refractivity (Wildman–Crippen MR) is 78.5 cm³/mol. The average molecular weight is 414 g/mol. The number of esters is 1. The van der Waals surface area contributed by atoms with Gasteiger partial charge in [-0.1, -0.05) is 0 Å². The van der Waals surface area contributed by atoms with Crippen molar-refractivity contribution >= 4 is 52.6 Å². The molecule has 2 aromatic rings. The van der Waals surface area contributed by atoms with Gasteiger partial charge in [0, 0.05) is 30.5 Å². The van der Waals surface area contributed by atoms with Crippen molar-refractivity contribution in [2.45, 2.75) is 24.9 Å². The number of hydrogen-bond donors (Lipinski definition) is 0. The number of pyridine rings is 1. The SMILES string of the molecule is COC(=O)c1ccc2nc(CCl)n(C[C@@H]3CCO3)c2n1.[Sn]. The monoisotopic (exact) mass is 415 g/mol. The maximum Gasteiger partial charge on any atom is 0.356 e. The summed E-state index contributed by atoms with van der Waals surface area (Å²) in [7, 11) is 1.33. The first-order valence-corrected chi connectivity index (χ1v) is 6.88. The van der Waals surface area contributed by atoms with Gasteiger partial charge in [0.25, 0.3) is 0 Å². The van der Waals surface area contributed by atoms with Crippen molar-refractivity contribution in [2.24, 2.45) is 0 Å². The summed E-state index contributed by atoms with van der Waals surface area (Å²) in [5.41, 5.74) is 1.61. The number of nitrogens with zero attached hydrogens (tertiary/aromatic N) is 3. The Morgan fingerprint density at radius 1 is 1.52 bits per heavy atom. The van der Waals surface area contributed by atoms with Crippen LogP contribution in [0, 0.1) is 0 Å². The zero-order chi connectivity index (χ0) is 14.1. The number of carbonyl (C=O) groups excluding carboxylic acids is 1. The summed E-state index contributed by atoms with van der Waals surface area (Å²) in [5.74, 6) is 0.551. The van der Waals surface area contributed by atoms with Crippen LogP contribution in [0.15, 0.2) is 12.1 Å². The number of alkyl halides is 1. The van der Waals surface area contributed by atoms with Crippen molar-refractivity contribution in [3.05, 3.63) is 23.7 Å². The van der Waals surface area contributed by atoms with Crippen LogP contribution in [0.4, 0.5) is 0 Å². The van der Waals surface area contributed by atoms with Gasteiger partial charge >= 0.3 is 5.97 Å². The van der Waals surface area contributed by atoms with Gasteiger partial charge in [-0.15, -0.1) is 11.6 Å². The van der Waals surface area contributed by atoms with Gasteiger partial charge in [0.2, 0.25) is 0 Å². The molecule has 6 nitrogen and oxygen atoms in total. The van der Waals surface area contributed by atoms with Gasteiger partial charge in [0.1, 0.15) is 11.3 Å². The molecule has 110 valence electrons. The molecule has 8 heteroatoms. The van der Waals surface area contributed by atoms with Gasteiger partial charge < -0.3 is 14.0 Å². The number of halogens is 1. The van der Waals surface area contributed by atoms with Gasteiger partial charge in [-0.25, -0.2) is 14.8 Å². The molecule has 0 unspecified atom stereocenters. The van der Waals surface area contributed by atoms with Crippen LogP contribution >= 0.6 is 11.6 Å². The first-order valence-electron chi connectivity index (χ1n) is 6.35.